The number of ether oxygens (including phenoxy) is 1. The summed E-state index contributed by atoms with van der Waals surface area (Å²) >= 11 is 0. The number of methoxy groups -OCH3 is 1. The van der Waals surface area contributed by atoms with Crippen molar-refractivity contribution in [2.24, 2.45) is 0 Å². The van der Waals surface area contributed by atoms with Crippen LogP contribution in [-0.2, 0) is 6.54 Å². The molecule has 0 aliphatic rings. The summed E-state index contributed by atoms with van der Waals surface area (Å²) < 4.78 is 6.57. The van der Waals surface area contributed by atoms with Gasteiger partial charge in [-0.2, -0.15) is 5.10 Å². The molecule has 102 valence electrons. The average molecular weight is 270 g/mol. The standard InChI is InChI=1S/C15H14N2O3/c1-20-14-7-6-12(10-13(14)4-3-9-18)11-17-15(19)5-2-8-16-17/h2,5-8,10,18H,9,11H2,1H3. The lowest BCUT2D eigenvalue weighted by molar-refractivity contribution is 0.350. The van der Waals surface area contributed by atoms with E-state index in [0.29, 0.717) is 17.9 Å². The molecule has 0 unspecified atom stereocenters. The molecular weight excluding hydrogens is 256 g/mol. The summed E-state index contributed by atoms with van der Waals surface area (Å²) in [5.74, 6) is 6.03. The third-order valence-electron chi connectivity index (χ3n) is 2.68. The second-order valence-electron chi connectivity index (χ2n) is 4.01. The van der Waals surface area contributed by atoms with Gasteiger partial charge in [0.15, 0.2) is 0 Å². The molecule has 0 saturated heterocycles. The van der Waals surface area contributed by atoms with Crippen molar-refractivity contribution in [3.05, 3.63) is 58.0 Å². The zero-order chi connectivity index (χ0) is 14.4. The second kappa shape index (κ2) is 6.55. The van der Waals surface area contributed by atoms with Gasteiger partial charge >= 0.3 is 0 Å². The Hall–Kier alpha value is -2.58. The average Bonchev–Trinajstić information content (AvgIpc) is 2.47. The highest BCUT2D eigenvalue weighted by Gasteiger charge is 2.04. The predicted molar refractivity (Wildman–Crippen MR) is 74.6 cm³/mol. The van der Waals surface area contributed by atoms with Crippen LogP contribution in [0.15, 0.2) is 41.3 Å². The van der Waals surface area contributed by atoms with E-state index in [4.69, 9.17) is 9.84 Å². The molecule has 1 aromatic heterocycles. The lowest BCUT2D eigenvalue weighted by Crippen LogP contribution is -2.21. The molecule has 1 N–H and O–H groups in total. The van der Waals surface area contributed by atoms with E-state index >= 15 is 0 Å². The summed E-state index contributed by atoms with van der Waals surface area (Å²) in [5.41, 5.74) is 1.39. The number of aromatic nitrogens is 2. The Balaban J connectivity index is 2.34. The number of aliphatic hydroxyl groups is 1. The number of rotatable bonds is 3. The molecule has 0 atom stereocenters. The summed E-state index contributed by atoms with van der Waals surface area (Å²) in [6.07, 6.45) is 1.57. The predicted octanol–water partition coefficient (Wildman–Crippen LogP) is 0.644. The van der Waals surface area contributed by atoms with E-state index in [9.17, 15) is 4.79 Å². The molecule has 5 nitrogen and oxygen atoms in total. The van der Waals surface area contributed by atoms with Gasteiger partial charge in [-0.05, 0) is 23.8 Å². The first-order chi connectivity index (χ1) is 9.74. The van der Waals surface area contributed by atoms with Crippen LogP contribution in [0.25, 0.3) is 0 Å². The molecule has 1 heterocycles. The van der Waals surface area contributed by atoms with Crippen LogP contribution >= 0.6 is 0 Å². The molecule has 5 heteroatoms. The van der Waals surface area contributed by atoms with Gasteiger partial charge in [-0.15, -0.1) is 0 Å². The third-order valence-corrected chi connectivity index (χ3v) is 2.68. The van der Waals surface area contributed by atoms with Crippen molar-refractivity contribution in [2.45, 2.75) is 6.54 Å². The molecule has 0 fully saturated rings. The van der Waals surface area contributed by atoms with Crippen molar-refractivity contribution >= 4 is 0 Å². The SMILES string of the molecule is COc1ccc(Cn2ncccc2=O)cc1C#CCO. The first-order valence-corrected chi connectivity index (χ1v) is 6.03. The van der Waals surface area contributed by atoms with Crippen molar-refractivity contribution in [1.29, 1.82) is 0 Å². The Bertz CT molecular complexity index is 711. The number of nitrogens with zero attached hydrogens (tertiary/aromatic N) is 2. The molecular formula is C15H14N2O3. The maximum absolute atomic E-state index is 11.6. The lowest BCUT2D eigenvalue weighted by atomic mass is 10.1. The van der Waals surface area contributed by atoms with Crippen molar-refractivity contribution in [2.75, 3.05) is 13.7 Å². The van der Waals surface area contributed by atoms with E-state index in [1.165, 1.54) is 10.7 Å². The summed E-state index contributed by atoms with van der Waals surface area (Å²) in [4.78, 5) is 11.6. The zero-order valence-electron chi connectivity index (χ0n) is 11.0. The van der Waals surface area contributed by atoms with Gasteiger partial charge in [0.2, 0.25) is 0 Å². The van der Waals surface area contributed by atoms with E-state index in [-0.39, 0.29) is 12.2 Å². The van der Waals surface area contributed by atoms with Gasteiger partial charge in [-0.1, -0.05) is 17.9 Å². The maximum atomic E-state index is 11.6. The van der Waals surface area contributed by atoms with Crippen LogP contribution in [0.2, 0.25) is 0 Å². The Morgan fingerprint density at radius 3 is 2.95 bits per heavy atom. The molecule has 2 rings (SSSR count). The molecule has 0 bridgehead atoms. The van der Waals surface area contributed by atoms with Crippen LogP contribution in [0.5, 0.6) is 5.75 Å². The van der Waals surface area contributed by atoms with Crippen molar-refractivity contribution in [3.63, 3.8) is 0 Å². The van der Waals surface area contributed by atoms with E-state index in [1.807, 2.05) is 12.1 Å². The fraction of sp³-hybridized carbons (Fsp3) is 0.200. The summed E-state index contributed by atoms with van der Waals surface area (Å²) in [6.45, 7) is 0.143. The van der Waals surface area contributed by atoms with E-state index < -0.39 is 0 Å². The Kier molecular flexibility index (Phi) is 4.53. The lowest BCUT2D eigenvalue weighted by Gasteiger charge is -2.07. The van der Waals surface area contributed by atoms with Gasteiger partial charge < -0.3 is 9.84 Å². The van der Waals surface area contributed by atoms with Crippen LogP contribution in [0, 0.1) is 11.8 Å². The smallest absolute Gasteiger partial charge is 0.267 e. The van der Waals surface area contributed by atoms with E-state index in [0.717, 1.165) is 5.56 Å². The minimum Gasteiger partial charge on any atom is -0.495 e. The minimum absolute atomic E-state index is 0.161. The molecule has 0 aliphatic carbocycles. The third kappa shape index (κ3) is 3.25. The van der Waals surface area contributed by atoms with Gasteiger partial charge in [0.1, 0.15) is 12.4 Å². The van der Waals surface area contributed by atoms with Crippen molar-refractivity contribution in [3.8, 4) is 17.6 Å². The number of hydrogen-bond acceptors (Lipinski definition) is 4. The van der Waals surface area contributed by atoms with Crippen LogP contribution in [0.3, 0.4) is 0 Å². The number of hydrogen-bond donors (Lipinski definition) is 1. The van der Waals surface area contributed by atoms with Crippen LogP contribution in [-0.4, -0.2) is 28.6 Å². The molecule has 0 saturated carbocycles. The highest BCUT2D eigenvalue weighted by molar-refractivity contribution is 5.48. The zero-order valence-corrected chi connectivity index (χ0v) is 11.0. The van der Waals surface area contributed by atoms with E-state index in [2.05, 4.69) is 16.9 Å². The summed E-state index contributed by atoms with van der Waals surface area (Å²) in [5, 5.41) is 12.8. The number of aliphatic hydroxyl groups excluding tert-OH is 1. The molecule has 0 amide bonds. The van der Waals surface area contributed by atoms with Gasteiger partial charge in [0.25, 0.3) is 5.56 Å². The van der Waals surface area contributed by atoms with Crippen molar-refractivity contribution < 1.29 is 9.84 Å². The summed E-state index contributed by atoms with van der Waals surface area (Å²) in [7, 11) is 1.56. The van der Waals surface area contributed by atoms with Crippen LogP contribution < -0.4 is 10.3 Å². The van der Waals surface area contributed by atoms with Crippen LogP contribution in [0.1, 0.15) is 11.1 Å². The van der Waals surface area contributed by atoms with Crippen molar-refractivity contribution in [1.82, 2.24) is 9.78 Å². The monoisotopic (exact) mass is 270 g/mol. The largest absolute Gasteiger partial charge is 0.495 e. The second-order valence-corrected chi connectivity index (χ2v) is 4.01. The molecule has 20 heavy (non-hydrogen) atoms. The minimum atomic E-state index is -0.215. The van der Waals surface area contributed by atoms with E-state index in [1.54, 1.807) is 25.4 Å². The first-order valence-electron chi connectivity index (χ1n) is 6.03. The molecule has 0 aliphatic heterocycles. The number of benzene rings is 1. The Labute approximate surface area is 116 Å². The van der Waals surface area contributed by atoms with Gasteiger partial charge in [-0.3, -0.25) is 4.79 Å². The van der Waals surface area contributed by atoms with Crippen LogP contribution in [0.4, 0.5) is 0 Å². The quantitative estimate of drug-likeness (QED) is 0.831. The first kappa shape index (κ1) is 13.8. The molecule has 0 radical (unpaired) electrons. The summed E-state index contributed by atoms with van der Waals surface area (Å²) in [6, 6.07) is 8.52. The maximum Gasteiger partial charge on any atom is 0.267 e. The Morgan fingerprint density at radius 1 is 1.40 bits per heavy atom. The Morgan fingerprint density at radius 2 is 2.25 bits per heavy atom. The highest BCUT2D eigenvalue weighted by atomic mass is 16.5. The van der Waals surface area contributed by atoms with Gasteiger partial charge in [0, 0.05) is 12.3 Å². The fourth-order valence-corrected chi connectivity index (χ4v) is 1.76. The topological polar surface area (TPSA) is 64.4 Å². The molecule has 0 spiro atoms. The molecule has 1 aromatic carbocycles. The van der Waals surface area contributed by atoms with Gasteiger partial charge in [-0.25, -0.2) is 4.68 Å². The highest BCUT2D eigenvalue weighted by Crippen LogP contribution is 2.19. The normalized spacial score (nSPS) is 9.70. The van der Waals surface area contributed by atoms with Gasteiger partial charge in [0.05, 0.1) is 19.2 Å². The fourth-order valence-electron chi connectivity index (χ4n) is 1.76. The molecule has 2 aromatic rings.